The predicted molar refractivity (Wildman–Crippen MR) is 99.1 cm³/mol. The van der Waals surface area contributed by atoms with E-state index in [0.29, 0.717) is 11.5 Å². The summed E-state index contributed by atoms with van der Waals surface area (Å²) in [6.07, 6.45) is -0.897. The molecule has 0 saturated heterocycles. The second kappa shape index (κ2) is 6.77. The van der Waals surface area contributed by atoms with Gasteiger partial charge in [-0.15, -0.1) is 13.2 Å². The van der Waals surface area contributed by atoms with Crippen molar-refractivity contribution in [3.63, 3.8) is 0 Å². The van der Waals surface area contributed by atoms with E-state index in [4.69, 9.17) is 0 Å². The summed E-state index contributed by atoms with van der Waals surface area (Å²) in [5.74, 6) is 1.11. The molecule has 0 bridgehead atoms. The van der Waals surface area contributed by atoms with Crippen LogP contribution < -0.4 is 5.56 Å². The molecule has 4 rings (SSSR count). The van der Waals surface area contributed by atoms with Gasteiger partial charge in [-0.3, -0.25) is 9.53 Å². The van der Waals surface area contributed by atoms with Crippen molar-refractivity contribution in [3.8, 4) is 11.1 Å². The number of alkyl halides is 3. The SMILES string of the molecule is Cc1cc(-c2ccc3nc(C4CC4)n(CCOC(F)(F)F)c3c2)cn(C)c1=O. The lowest BCUT2D eigenvalue weighted by Crippen LogP contribution is -2.18. The summed E-state index contributed by atoms with van der Waals surface area (Å²) in [6.45, 7) is 1.38. The number of hydrogen-bond donors (Lipinski definition) is 0. The number of ether oxygens (including phenoxy) is 1. The van der Waals surface area contributed by atoms with Crippen molar-refractivity contribution < 1.29 is 17.9 Å². The molecule has 148 valence electrons. The molecule has 0 aliphatic heterocycles. The molecule has 1 fully saturated rings. The van der Waals surface area contributed by atoms with Crippen LogP contribution in [-0.2, 0) is 18.3 Å². The van der Waals surface area contributed by atoms with Crippen LogP contribution in [0.4, 0.5) is 13.2 Å². The van der Waals surface area contributed by atoms with Gasteiger partial charge >= 0.3 is 6.36 Å². The number of nitrogens with zero attached hydrogens (tertiary/aromatic N) is 3. The fourth-order valence-corrected chi connectivity index (χ4v) is 3.50. The van der Waals surface area contributed by atoms with Crippen LogP contribution in [0.5, 0.6) is 0 Å². The lowest BCUT2D eigenvalue weighted by molar-refractivity contribution is -0.325. The highest BCUT2D eigenvalue weighted by Crippen LogP contribution is 2.41. The highest BCUT2D eigenvalue weighted by molar-refractivity contribution is 5.83. The Morgan fingerprint density at radius 1 is 1.21 bits per heavy atom. The number of fused-ring (bicyclic) bond motifs is 1. The van der Waals surface area contributed by atoms with Gasteiger partial charge in [0, 0.05) is 31.3 Å². The second-order valence-corrected chi connectivity index (χ2v) is 7.22. The molecule has 3 aromatic rings. The van der Waals surface area contributed by atoms with Crippen LogP contribution >= 0.6 is 0 Å². The van der Waals surface area contributed by atoms with Crippen LogP contribution in [0, 0.1) is 6.92 Å². The predicted octanol–water partition coefficient (Wildman–Crippen LogP) is 4.12. The first-order valence-corrected chi connectivity index (χ1v) is 9.11. The first kappa shape index (κ1) is 18.7. The Kier molecular flexibility index (Phi) is 4.53. The monoisotopic (exact) mass is 391 g/mol. The smallest absolute Gasteiger partial charge is 0.325 e. The molecule has 0 unspecified atom stereocenters. The molecule has 8 heteroatoms. The van der Waals surface area contributed by atoms with E-state index in [9.17, 15) is 18.0 Å². The van der Waals surface area contributed by atoms with E-state index in [-0.39, 0.29) is 12.1 Å². The molecule has 5 nitrogen and oxygen atoms in total. The third-order valence-corrected chi connectivity index (χ3v) is 5.00. The Bertz CT molecular complexity index is 1070. The second-order valence-electron chi connectivity index (χ2n) is 7.22. The highest BCUT2D eigenvalue weighted by Gasteiger charge is 2.31. The minimum Gasteiger partial charge on any atom is -0.325 e. The summed E-state index contributed by atoms with van der Waals surface area (Å²) >= 11 is 0. The molecule has 1 aromatic carbocycles. The molecule has 2 aromatic heterocycles. The summed E-state index contributed by atoms with van der Waals surface area (Å²) in [6, 6.07) is 7.53. The van der Waals surface area contributed by atoms with E-state index in [2.05, 4.69) is 9.72 Å². The maximum atomic E-state index is 12.4. The Balaban J connectivity index is 1.75. The van der Waals surface area contributed by atoms with E-state index in [0.717, 1.165) is 40.8 Å². The molecule has 0 N–H and O–H groups in total. The quantitative estimate of drug-likeness (QED) is 0.657. The molecular weight excluding hydrogens is 371 g/mol. The topological polar surface area (TPSA) is 49.0 Å². The van der Waals surface area contributed by atoms with E-state index in [1.54, 1.807) is 20.2 Å². The van der Waals surface area contributed by atoms with Crippen LogP contribution in [0.3, 0.4) is 0 Å². The van der Waals surface area contributed by atoms with E-state index in [1.165, 1.54) is 4.57 Å². The van der Waals surface area contributed by atoms with Crippen molar-refractivity contribution in [2.45, 2.75) is 38.6 Å². The van der Waals surface area contributed by atoms with Gasteiger partial charge in [-0.1, -0.05) is 6.07 Å². The fraction of sp³-hybridized carbons (Fsp3) is 0.400. The molecular formula is C20H20F3N3O2. The van der Waals surface area contributed by atoms with Gasteiger partial charge in [-0.25, -0.2) is 4.98 Å². The molecule has 1 aliphatic rings. The Morgan fingerprint density at radius 2 is 1.96 bits per heavy atom. The maximum Gasteiger partial charge on any atom is 0.522 e. The van der Waals surface area contributed by atoms with Gasteiger partial charge in [-0.05, 0) is 49.1 Å². The van der Waals surface area contributed by atoms with Crippen molar-refractivity contribution in [3.05, 3.63) is 52.2 Å². The number of imidazole rings is 1. The molecule has 28 heavy (non-hydrogen) atoms. The van der Waals surface area contributed by atoms with Gasteiger partial charge in [0.1, 0.15) is 5.82 Å². The van der Waals surface area contributed by atoms with Gasteiger partial charge < -0.3 is 9.13 Å². The average Bonchev–Trinajstić information content (AvgIpc) is 3.40. The number of halogens is 3. The zero-order valence-corrected chi connectivity index (χ0v) is 15.6. The first-order chi connectivity index (χ1) is 13.2. The molecule has 0 amide bonds. The molecule has 0 spiro atoms. The lowest BCUT2D eigenvalue weighted by Gasteiger charge is -2.12. The summed E-state index contributed by atoms with van der Waals surface area (Å²) in [7, 11) is 1.70. The van der Waals surface area contributed by atoms with Crippen LogP contribution in [0.1, 0.15) is 30.1 Å². The van der Waals surface area contributed by atoms with Crippen LogP contribution in [0.15, 0.2) is 35.3 Å². The van der Waals surface area contributed by atoms with Gasteiger partial charge in [0.15, 0.2) is 0 Å². The number of rotatable bonds is 5. The third kappa shape index (κ3) is 3.69. The largest absolute Gasteiger partial charge is 0.522 e. The molecule has 1 saturated carbocycles. The van der Waals surface area contributed by atoms with Crippen LogP contribution in [-0.4, -0.2) is 27.1 Å². The minimum atomic E-state index is -4.65. The van der Waals surface area contributed by atoms with E-state index >= 15 is 0 Å². The zero-order valence-electron chi connectivity index (χ0n) is 15.6. The normalized spacial score (nSPS) is 14.8. The number of pyridine rings is 1. The van der Waals surface area contributed by atoms with Crippen molar-refractivity contribution in [2.75, 3.05) is 6.61 Å². The molecule has 0 radical (unpaired) electrons. The number of benzene rings is 1. The van der Waals surface area contributed by atoms with Gasteiger partial charge in [-0.2, -0.15) is 0 Å². The zero-order chi connectivity index (χ0) is 20.1. The van der Waals surface area contributed by atoms with Crippen LogP contribution in [0.25, 0.3) is 22.2 Å². The van der Waals surface area contributed by atoms with Crippen molar-refractivity contribution in [1.82, 2.24) is 14.1 Å². The van der Waals surface area contributed by atoms with Crippen molar-refractivity contribution >= 4 is 11.0 Å². The summed E-state index contributed by atoms with van der Waals surface area (Å²) in [5.41, 5.74) is 3.84. The third-order valence-electron chi connectivity index (χ3n) is 5.00. The highest BCUT2D eigenvalue weighted by atomic mass is 19.4. The van der Waals surface area contributed by atoms with Gasteiger partial charge in [0.05, 0.1) is 17.6 Å². The Labute approximate surface area is 159 Å². The lowest BCUT2D eigenvalue weighted by atomic mass is 10.1. The van der Waals surface area contributed by atoms with E-state index < -0.39 is 13.0 Å². The number of hydrogen-bond acceptors (Lipinski definition) is 3. The summed E-state index contributed by atoms with van der Waals surface area (Å²) < 4.78 is 44.5. The maximum absolute atomic E-state index is 12.4. The summed E-state index contributed by atoms with van der Waals surface area (Å²) in [5, 5.41) is 0. The van der Waals surface area contributed by atoms with Crippen molar-refractivity contribution in [1.29, 1.82) is 0 Å². The minimum absolute atomic E-state index is 0.0600. The number of aromatic nitrogens is 3. The summed E-state index contributed by atoms with van der Waals surface area (Å²) in [4.78, 5) is 16.6. The fourth-order valence-electron chi connectivity index (χ4n) is 3.50. The average molecular weight is 391 g/mol. The first-order valence-electron chi connectivity index (χ1n) is 9.11. The molecule has 2 heterocycles. The standard InChI is InChI=1S/C20H20F3N3O2/c1-12-9-15(11-25(2)19(12)27)14-5-6-16-17(10-14)26(7-8-28-20(21,22)23)18(24-16)13-3-4-13/h5-6,9-11,13H,3-4,7-8H2,1-2H3. The molecule has 1 aliphatic carbocycles. The Hall–Kier alpha value is -2.61. The molecule has 0 atom stereocenters. The number of aryl methyl sites for hydroxylation is 2. The van der Waals surface area contributed by atoms with E-state index in [1.807, 2.05) is 28.8 Å². The van der Waals surface area contributed by atoms with Gasteiger partial charge in [0.25, 0.3) is 5.56 Å². The van der Waals surface area contributed by atoms with Crippen LogP contribution in [0.2, 0.25) is 0 Å². The Morgan fingerprint density at radius 3 is 2.61 bits per heavy atom. The van der Waals surface area contributed by atoms with Crippen molar-refractivity contribution in [2.24, 2.45) is 7.05 Å². The van der Waals surface area contributed by atoms with Gasteiger partial charge in [0.2, 0.25) is 0 Å².